The Kier molecular flexibility index (Phi) is 4.08. The van der Waals surface area contributed by atoms with Crippen molar-refractivity contribution in [2.75, 3.05) is 0 Å². The molecule has 0 saturated carbocycles. The van der Waals surface area contributed by atoms with Gasteiger partial charge in [0.15, 0.2) is 5.78 Å². The molecule has 0 radical (unpaired) electrons. The van der Waals surface area contributed by atoms with Gasteiger partial charge in [-0.1, -0.05) is 49.4 Å². The minimum atomic E-state index is -0.0433. The molecule has 0 aliphatic heterocycles. The zero-order valence-corrected chi connectivity index (χ0v) is 14.7. The molecule has 0 aliphatic rings. The summed E-state index contributed by atoms with van der Waals surface area (Å²) in [5.74, 6) is 0.487. The molecule has 0 amide bonds. The van der Waals surface area contributed by atoms with Crippen molar-refractivity contribution in [3.05, 3.63) is 65.4 Å². The van der Waals surface area contributed by atoms with Crippen LogP contribution in [0.4, 0.5) is 0 Å². The Balaban J connectivity index is 1.61. The largest absolute Gasteiger partial charge is 0.360 e. The van der Waals surface area contributed by atoms with Crippen molar-refractivity contribution in [2.24, 2.45) is 0 Å². The smallest absolute Gasteiger partial charge is 0.205 e. The fourth-order valence-electron chi connectivity index (χ4n) is 3.20. The lowest BCUT2D eigenvalue weighted by Crippen LogP contribution is -2.13. The highest BCUT2D eigenvalue weighted by atomic mass is 16.1. The van der Waals surface area contributed by atoms with Crippen LogP contribution in [0.15, 0.2) is 48.7 Å². The van der Waals surface area contributed by atoms with Gasteiger partial charge in [-0.05, 0) is 29.7 Å². The summed E-state index contributed by atoms with van der Waals surface area (Å²) in [4.78, 5) is 17.3. The van der Waals surface area contributed by atoms with E-state index < -0.39 is 0 Å². The van der Waals surface area contributed by atoms with E-state index in [-0.39, 0.29) is 12.3 Å². The van der Waals surface area contributed by atoms with Crippen molar-refractivity contribution in [3.8, 4) is 11.4 Å². The summed E-state index contributed by atoms with van der Waals surface area (Å²) in [5, 5.41) is 13.4. The van der Waals surface area contributed by atoms with Crippen LogP contribution in [0.2, 0.25) is 0 Å². The predicted molar refractivity (Wildman–Crippen MR) is 100.0 cm³/mol. The van der Waals surface area contributed by atoms with E-state index in [4.69, 9.17) is 0 Å². The standard InChI is InChI=1S/C20H19N5O/c1-3-14-8-6-10-16-17(11-21-19(14)16)18(26)12-25-23-20(22-24-25)15-9-5-4-7-13(15)2/h4-11,21H,3,12H2,1-2H3. The van der Waals surface area contributed by atoms with E-state index in [0.29, 0.717) is 11.4 Å². The number of nitrogens with zero attached hydrogens (tertiary/aromatic N) is 4. The van der Waals surface area contributed by atoms with E-state index in [1.54, 1.807) is 6.20 Å². The molecule has 1 N–H and O–H groups in total. The molecule has 4 aromatic rings. The van der Waals surface area contributed by atoms with Gasteiger partial charge in [-0.25, -0.2) is 0 Å². The quantitative estimate of drug-likeness (QED) is 0.561. The number of H-pyrrole nitrogens is 1. The van der Waals surface area contributed by atoms with Gasteiger partial charge in [0.1, 0.15) is 6.54 Å². The molecule has 0 unspecified atom stereocenters. The highest BCUT2D eigenvalue weighted by molar-refractivity contribution is 6.08. The van der Waals surface area contributed by atoms with Crippen molar-refractivity contribution < 1.29 is 4.79 Å². The van der Waals surface area contributed by atoms with Crippen LogP contribution in [-0.4, -0.2) is 31.0 Å². The number of para-hydroxylation sites is 1. The summed E-state index contributed by atoms with van der Waals surface area (Å²) in [6.45, 7) is 4.16. The predicted octanol–water partition coefficient (Wildman–Crippen LogP) is 3.58. The average Bonchev–Trinajstić information content (AvgIpc) is 3.28. The molecule has 130 valence electrons. The first-order chi connectivity index (χ1) is 12.7. The number of ketones is 1. The molecule has 2 aromatic heterocycles. The SMILES string of the molecule is CCc1cccc2c(C(=O)Cn3nnc(-c4ccccc4C)n3)c[nH]c12. The Morgan fingerprint density at radius 1 is 1.15 bits per heavy atom. The second-order valence-electron chi connectivity index (χ2n) is 6.28. The minimum Gasteiger partial charge on any atom is -0.360 e. The van der Waals surface area contributed by atoms with Crippen LogP contribution in [0.1, 0.15) is 28.4 Å². The average molecular weight is 345 g/mol. The highest BCUT2D eigenvalue weighted by Gasteiger charge is 2.16. The fourth-order valence-corrected chi connectivity index (χ4v) is 3.20. The lowest BCUT2D eigenvalue weighted by atomic mass is 10.1. The molecule has 6 heteroatoms. The number of nitrogens with one attached hydrogen (secondary N) is 1. The maximum absolute atomic E-state index is 12.8. The molecule has 6 nitrogen and oxygen atoms in total. The lowest BCUT2D eigenvalue weighted by Gasteiger charge is -2.01. The van der Waals surface area contributed by atoms with E-state index in [9.17, 15) is 4.79 Å². The van der Waals surface area contributed by atoms with Crippen molar-refractivity contribution >= 4 is 16.7 Å². The number of aryl methyl sites for hydroxylation is 2. The van der Waals surface area contributed by atoms with Gasteiger partial charge >= 0.3 is 0 Å². The fraction of sp³-hybridized carbons (Fsp3) is 0.200. The number of carbonyl (C=O) groups is 1. The van der Waals surface area contributed by atoms with Crippen LogP contribution in [-0.2, 0) is 13.0 Å². The van der Waals surface area contributed by atoms with Gasteiger partial charge in [0.2, 0.25) is 5.82 Å². The van der Waals surface area contributed by atoms with Crippen molar-refractivity contribution in [3.63, 3.8) is 0 Å². The van der Waals surface area contributed by atoms with Crippen molar-refractivity contribution in [1.29, 1.82) is 0 Å². The number of aromatic amines is 1. The third-order valence-electron chi connectivity index (χ3n) is 4.61. The van der Waals surface area contributed by atoms with Gasteiger partial charge in [-0.2, -0.15) is 4.80 Å². The van der Waals surface area contributed by atoms with E-state index >= 15 is 0 Å². The summed E-state index contributed by atoms with van der Waals surface area (Å²) < 4.78 is 0. The molecule has 0 aliphatic carbocycles. The van der Waals surface area contributed by atoms with Gasteiger partial charge in [0, 0.05) is 28.2 Å². The highest BCUT2D eigenvalue weighted by Crippen LogP contribution is 2.23. The number of fused-ring (bicyclic) bond motifs is 1. The Bertz CT molecular complexity index is 1090. The minimum absolute atomic E-state index is 0.0433. The first-order valence-electron chi connectivity index (χ1n) is 8.63. The normalized spacial score (nSPS) is 11.2. The Hall–Kier alpha value is -3.28. The Morgan fingerprint density at radius 3 is 2.81 bits per heavy atom. The number of tetrazole rings is 1. The summed E-state index contributed by atoms with van der Waals surface area (Å²) in [5.41, 5.74) is 4.87. The van der Waals surface area contributed by atoms with Crippen LogP contribution >= 0.6 is 0 Å². The number of carbonyl (C=O) groups excluding carboxylic acids is 1. The second kappa shape index (κ2) is 6.55. The third-order valence-corrected chi connectivity index (χ3v) is 4.61. The maximum atomic E-state index is 12.8. The van der Waals surface area contributed by atoms with E-state index in [2.05, 4.69) is 33.4 Å². The van der Waals surface area contributed by atoms with Crippen molar-refractivity contribution in [1.82, 2.24) is 25.2 Å². The first-order valence-corrected chi connectivity index (χ1v) is 8.63. The lowest BCUT2D eigenvalue weighted by molar-refractivity contribution is 0.0963. The van der Waals surface area contributed by atoms with Gasteiger partial charge < -0.3 is 4.98 Å². The first kappa shape index (κ1) is 16.2. The molecule has 2 heterocycles. The number of rotatable bonds is 5. The number of hydrogen-bond donors (Lipinski definition) is 1. The van der Waals surface area contributed by atoms with Gasteiger partial charge in [0.05, 0.1) is 0 Å². The second-order valence-corrected chi connectivity index (χ2v) is 6.28. The molecule has 0 fully saturated rings. The van der Waals surface area contributed by atoms with Crippen LogP contribution in [0.3, 0.4) is 0 Å². The molecule has 0 saturated heterocycles. The van der Waals surface area contributed by atoms with E-state index in [1.165, 1.54) is 10.4 Å². The Labute approximate surface area is 150 Å². The topological polar surface area (TPSA) is 76.5 Å². The molecule has 2 aromatic carbocycles. The summed E-state index contributed by atoms with van der Waals surface area (Å²) in [7, 11) is 0. The molecular formula is C20H19N5O. The van der Waals surface area contributed by atoms with Crippen LogP contribution < -0.4 is 0 Å². The van der Waals surface area contributed by atoms with E-state index in [0.717, 1.165) is 28.5 Å². The van der Waals surface area contributed by atoms with Gasteiger partial charge in [0.25, 0.3) is 0 Å². The van der Waals surface area contributed by atoms with Crippen LogP contribution in [0.25, 0.3) is 22.3 Å². The number of aromatic nitrogens is 5. The van der Waals surface area contributed by atoms with E-state index in [1.807, 2.05) is 43.3 Å². The third kappa shape index (κ3) is 2.79. The zero-order chi connectivity index (χ0) is 18.1. The zero-order valence-electron chi connectivity index (χ0n) is 14.7. The monoisotopic (exact) mass is 345 g/mol. The molecular weight excluding hydrogens is 326 g/mol. The molecule has 4 rings (SSSR count). The summed E-state index contributed by atoms with van der Waals surface area (Å²) in [6.07, 6.45) is 2.68. The van der Waals surface area contributed by atoms with Crippen LogP contribution in [0, 0.1) is 6.92 Å². The van der Waals surface area contributed by atoms with Gasteiger partial charge in [-0.3, -0.25) is 4.79 Å². The molecule has 26 heavy (non-hydrogen) atoms. The molecule has 0 atom stereocenters. The summed E-state index contributed by atoms with van der Waals surface area (Å²) in [6, 6.07) is 13.9. The number of Topliss-reactive ketones (excluding diaryl/α,β-unsaturated/α-hetero) is 1. The van der Waals surface area contributed by atoms with Gasteiger partial charge in [-0.15, -0.1) is 10.2 Å². The summed E-state index contributed by atoms with van der Waals surface area (Å²) >= 11 is 0. The number of benzene rings is 2. The number of hydrogen-bond acceptors (Lipinski definition) is 4. The molecule has 0 bridgehead atoms. The Morgan fingerprint density at radius 2 is 2.00 bits per heavy atom. The van der Waals surface area contributed by atoms with Crippen molar-refractivity contribution in [2.45, 2.75) is 26.8 Å². The molecule has 0 spiro atoms. The maximum Gasteiger partial charge on any atom is 0.205 e. The van der Waals surface area contributed by atoms with Crippen LogP contribution in [0.5, 0.6) is 0 Å².